The Morgan fingerprint density at radius 1 is 1.18 bits per heavy atom. The molecule has 0 spiro atoms. The van der Waals surface area contributed by atoms with Crippen LogP contribution < -0.4 is 5.73 Å². The zero-order valence-corrected chi connectivity index (χ0v) is 10.3. The van der Waals surface area contributed by atoms with E-state index in [1.54, 1.807) is 0 Å². The minimum Gasteiger partial charge on any atom is -0.460 e. The van der Waals surface area contributed by atoms with Crippen LogP contribution in [0.1, 0.15) is 33.6 Å². The summed E-state index contributed by atoms with van der Waals surface area (Å²) in [6.07, 6.45) is -1.91. The summed E-state index contributed by atoms with van der Waals surface area (Å²) < 4.78 is 4.93. The minimum absolute atomic E-state index is 0.0299. The first-order valence-corrected chi connectivity index (χ1v) is 5.37. The molecule has 0 saturated heterocycles. The topological polar surface area (TPSA) is 107 Å². The Balaban J connectivity index is 4.46. The van der Waals surface area contributed by atoms with Crippen molar-refractivity contribution in [2.75, 3.05) is 0 Å². The zero-order valence-electron chi connectivity index (χ0n) is 10.3. The third-order valence-electron chi connectivity index (χ3n) is 2.10. The van der Waals surface area contributed by atoms with Crippen LogP contribution in [0, 0.1) is 0 Å². The highest BCUT2D eigenvalue weighted by molar-refractivity contribution is 5.81. The van der Waals surface area contributed by atoms with Gasteiger partial charge in [-0.2, -0.15) is 0 Å². The van der Waals surface area contributed by atoms with Crippen molar-refractivity contribution in [3.05, 3.63) is 0 Å². The number of hydrogen-bond acceptors (Lipinski definition) is 6. The molecule has 0 heterocycles. The fourth-order valence-electron chi connectivity index (χ4n) is 1.24. The number of hydrogen-bond donors (Lipinski definition) is 2. The van der Waals surface area contributed by atoms with E-state index < -0.39 is 24.2 Å². The van der Waals surface area contributed by atoms with Crippen LogP contribution in [0.15, 0.2) is 0 Å². The molecule has 6 heteroatoms. The van der Waals surface area contributed by atoms with E-state index >= 15 is 0 Å². The standard InChI is InChI=1S/C11H19NO5/c1-6(13)4-9(5-7(2)14)17-11(16)10(12)8(3)15/h8-10,15H,4-5,12H2,1-3H3/t8-,10+/m1/s1. The number of carbonyl (C=O) groups excluding carboxylic acids is 3. The number of esters is 1. The summed E-state index contributed by atoms with van der Waals surface area (Å²) in [5.41, 5.74) is 5.38. The van der Waals surface area contributed by atoms with Gasteiger partial charge in [0, 0.05) is 12.8 Å². The summed E-state index contributed by atoms with van der Waals surface area (Å²) in [7, 11) is 0. The number of rotatable bonds is 7. The lowest BCUT2D eigenvalue weighted by atomic mass is 10.1. The van der Waals surface area contributed by atoms with Gasteiger partial charge in [0.15, 0.2) is 0 Å². The minimum atomic E-state index is -1.17. The first-order valence-electron chi connectivity index (χ1n) is 5.37. The molecular formula is C11H19NO5. The summed E-state index contributed by atoms with van der Waals surface area (Å²) in [6.45, 7) is 4.04. The molecular weight excluding hydrogens is 226 g/mol. The van der Waals surface area contributed by atoms with Gasteiger partial charge in [-0.05, 0) is 20.8 Å². The number of carbonyl (C=O) groups is 3. The number of ketones is 2. The molecule has 0 saturated carbocycles. The quantitative estimate of drug-likeness (QED) is 0.589. The first-order chi connectivity index (χ1) is 7.73. The lowest BCUT2D eigenvalue weighted by Crippen LogP contribution is -2.43. The molecule has 0 aliphatic carbocycles. The predicted octanol–water partition coefficient (Wildman–Crippen LogP) is -0.435. The van der Waals surface area contributed by atoms with Gasteiger partial charge in [0.1, 0.15) is 23.7 Å². The van der Waals surface area contributed by atoms with Crippen molar-refractivity contribution in [2.45, 2.75) is 51.9 Å². The van der Waals surface area contributed by atoms with Crippen molar-refractivity contribution in [1.82, 2.24) is 0 Å². The molecule has 0 amide bonds. The van der Waals surface area contributed by atoms with Crippen LogP contribution in [0.3, 0.4) is 0 Å². The second kappa shape index (κ2) is 7.13. The number of aliphatic hydroxyl groups is 1. The molecule has 0 aliphatic heterocycles. The van der Waals surface area contributed by atoms with Gasteiger partial charge in [0.25, 0.3) is 0 Å². The Morgan fingerprint density at radius 2 is 1.59 bits per heavy atom. The van der Waals surface area contributed by atoms with Gasteiger partial charge in [-0.1, -0.05) is 0 Å². The Kier molecular flexibility index (Phi) is 6.60. The third-order valence-corrected chi connectivity index (χ3v) is 2.10. The summed E-state index contributed by atoms with van der Waals surface area (Å²) >= 11 is 0. The third kappa shape index (κ3) is 6.80. The molecule has 0 bridgehead atoms. The Labute approximate surface area is 100 Å². The number of ether oxygens (including phenoxy) is 1. The van der Waals surface area contributed by atoms with Gasteiger partial charge in [-0.15, -0.1) is 0 Å². The van der Waals surface area contributed by atoms with Gasteiger partial charge < -0.3 is 15.6 Å². The van der Waals surface area contributed by atoms with Crippen LogP contribution in [0.5, 0.6) is 0 Å². The number of nitrogens with two attached hydrogens (primary N) is 1. The zero-order chi connectivity index (χ0) is 13.6. The van der Waals surface area contributed by atoms with Crippen molar-refractivity contribution in [3.8, 4) is 0 Å². The van der Waals surface area contributed by atoms with Crippen LogP contribution in [0.25, 0.3) is 0 Å². The second-order valence-electron chi connectivity index (χ2n) is 4.14. The highest BCUT2D eigenvalue weighted by atomic mass is 16.5. The molecule has 0 unspecified atom stereocenters. The maximum Gasteiger partial charge on any atom is 0.325 e. The highest BCUT2D eigenvalue weighted by Gasteiger charge is 2.25. The monoisotopic (exact) mass is 245 g/mol. The maximum absolute atomic E-state index is 11.4. The summed E-state index contributed by atoms with van der Waals surface area (Å²) in [5, 5.41) is 9.11. The Morgan fingerprint density at radius 3 is 1.88 bits per heavy atom. The van der Waals surface area contributed by atoms with E-state index in [0.29, 0.717) is 0 Å². The average molecular weight is 245 g/mol. The number of aliphatic hydroxyl groups excluding tert-OH is 1. The predicted molar refractivity (Wildman–Crippen MR) is 60.1 cm³/mol. The lowest BCUT2D eigenvalue weighted by molar-refractivity contribution is -0.154. The van der Waals surface area contributed by atoms with E-state index in [9.17, 15) is 14.4 Å². The Hall–Kier alpha value is -1.27. The molecule has 0 aromatic rings. The summed E-state index contributed by atoms with van der Waals surface area (Å²) in [6, 6.07) is -1.17. The van der Waals surface area contributed by atoms with Crippen molar-refractivity contribution >= 4 is 17.5 Å². The second-order valence-corrected chi connectivity index (χ2v) is 4.14. The van der Waals surface area contributed by atoms with E-state index in [2.05, 4.69) is 0 Å². The van der Waals surface area contributed by atoms with Crippen molar-refractivity contribution in [2.24, 2.45) is 5.73 Å². The van der Waals surface area contributed by atoms with Gasteiger partial charge in [0.2, 0.25) is 0 Å². The van der Waals surface area contributed by atoms with E-state index in [1.807, 2.05) is 0 Å². The summed E-state index contributed by atoms with van der Waals surface area (Å²) in [4.78, 5) is 33.3. The molecule has 0 radical (unpaired) electrons. The summed E-state index contributed by atoms with van der Waals surface area (Å²) in [5.74, 6) is -1.18. The van der Waals surface area contributed by atoms with E-state index in [-0.39, 0.29) is 24.4 Å². The van der Waals surface area contributed by atoms with Crippen LogP contribution in [0.2, 0.25) is 0 Å². The largest absolute Gasteiger partial charge is 0.460 e. The van der Waals surface area contributed by atoms with Gasteiger partial charge >= 0.3 is 5.97 Å². The van der Waals surface area contributed by atoms with Gasteiger partial charge in [-0.25, -0.2) is 0 Å². The van der Waals surface area contributed by atoms with E-state index in [4.69, 9.17) is 15.6 Å². The van der Waals surface area contributed by atoms with Crippen molar-refractivity contribution < 1.29 is 24.2 Å². The SMILES string of the molecule is CC(=O)CC(CC(C)=O)OC(=O)[C@@H](N)[C@@H](C)O. The molecule has 17 heavy (non-hydrogen) atoms. The maximum atomic E-state index is 11.4. The average Bonchev–Trinajstić information content (AvgIpc) is 2.13. The molecule has 6 nitrogen and oxygen atoms in total. The van der Waals surface area contributed by atoms with E-state index in [0.717, 1.165) is 0 Å². The van der Waals surface area contributed by atoms with Crippen LogP contribution in [0.4, 0.5) is 0 Å². The molecule has 2 atom stereocenters. The molecule has 98 valence electrons. The lowest BCUT2D eigenvalue weighted by Gasteiger charge is -2.19. The van der Waals surface area contributed by atoms with E-state index in [1.165, 1.54) is 20.8 Å². The fourth-order valence-corrected chi connectivity index (χ4v) is 1.24. The normalized spacial score (nSPS) is 14.2. The fraction of sp³-hybridized carbons (Fsp3) is 0.727. The van der Waals surface area contributed by atoms with Crippen LogP contribution in [-0.4, -0.2) is 40.9 Å². The molecule has 0 rings (SSSR count). The Bertz CT molecular complexity index is 284. The number of Topliss-reactive ketones (excluding diaryl/α,β-unsaturated/α-hetero) is 2. The highest BCUT2D eigenvalue weighted by Crippen LogP contribution is 2.08. The van der Waals surface area contributed by atoms with Crippen molar-refractivity contribution in [3.63, 3.8) is 0 Å². The molecule has 0 fully saturated rings. The smallest absolute Gasteiger partial charge is 0.325 e. The van der Waals surface area contributed by atoms with Gasteiger partial charge in [0.05, 0.1) is 6.10 Å². The molecule has 0 aliphatic rings. The van der Waals surface area contributed by atoms with Crippen molar-refractivity contribution in [1.29, 1.82) is 0 Å². The van der Waals surface area contributed by atoms with Crippen LogP contribution in [-0.2, 0) is 19.1 Å². The molecule has 3 N–H and O–H groups in total. The first kappa shape index (κ1) is 15.7. The molecule has 0 aromatic carbocycles. The molecule has 0 aromatic heterocycles. The van der Waals surface area contributed by atoms with Gasteiger partial charge in [-0.3, -0.25) is 14.4 Å². The van der Waals surface area contributed by atoms with Crippen LogP contribution >= 0.6 is 0 Å².